The number of aromatic nitrogens is 1. The van der Waals surface area contributed by atoms with Crippen LogP contribution in [0.25, 0.3) is 0 Å². The summed E-state index contributed by atoms with van der Waals surface area (Å²) >= 11 is 0. The number of rotatable bonds is 4. The summed E-state index contributed by atoms with van der Waals surface area (Å²) in [6, 6.07) is 1.89. The van der Waals surface area contributed by atoms with E-state index in [-0.39, 0.29) is 6.42 Å². The highest BCUT2D eigenvalue weighted by atomic mass is 16.4. The van der Waals surface area contributed by atoms with E-state index in [1.807, 2.05) is 25.1 Å². The molecule has 4 heteroatoms. The predicted molar refractivity (Wildman–Crippen MR) is 54.5 cm³/mol. The highest BCUT2D eigenvalue weighted by molar-refractivity contribution is 5.67. The number of nitrogens with zero attached hydrogens (tertiary/aromatic N) is 2. The van der Waals surface area contributed by atoms with Crippen LogP contribution in [0.5, 0.6) is 0 Å². The van der Waals surface area contributed by atoms with Crippen LogP contribution < -0.4 is 4.90 Å². The van der Waals surface area contributed by atoms with Crippen LogP contribution in [0.4, 0.5) is 5.69 Å². The summed E-state index contributed by atoms with van der Waals surface area (Å²) < 4.78 is 0. The van der Waals surface area contributed by atoms with E-state index in [1.54, 1.807) is 12.4 Å². The number of hydrogen-bond acceptors (Lipinski definition) is 3. The van der Waals surface area contributed by atoms with Crippen LogP contribution in [0, 0.1) is 0 Å². The number of carboxylic acid groups (broad SMARTS) is 1. The van der Waals surface area contributed by atoms with Crippen LogP contribution >= 0.6 is 0 Å². The summed E-state index contributed by atoms with van der Waals surface area (Å²) in [5, 5.41) is 8.57. The van der Waals surface area contributed by atoms with E-state index in [9.17, 15) is 4.79 Å². The van der Waals surface area contributed by atoms with Crippen molar-refractivity contribution in [3.8, 4) is 0 Å². The molecule has 0 amide bonds. The average Bonchev–Trinajstić information content (AvgIpc) is 2.15. The Morgan fingerprint density at radius 3 is 2.86 bits per heavy atom. The van der Waals surface area contributed by atoms with Crippen molar-refractivity contribution in [3.63, 3.8) is 0 Å². The van der Waals surface area contributed by atoms with E-state index < -0.39 is 5.97 Å². The standard InChI is InChI=1S/C10H14N2O2/c1-12(2)9-5-6-11-7-8(9)3-4-10(13)14/h5-7H,3-4H2,1-2H3,(H,13,14). The first-order chi connectivity index (χ1) is 6.61. The van der Waals surface area contributed by atoms with Gasteiger partial charge in [-0.15, -0.1) is 0 Å². The summed E-state index contributed by atoms with van der Waals surface area (Å²) in [5.41, 5.74) is 2.00. The zero-order valence-electron chi connectivity index (χ0n) is 8.40. The third-order valence-electron chi connectivity index (χ3n) is 1.97. The summed E-state index contributed by atoms with van der Waals surface area (Å²) in [6.07, 6.45) is 4.10. The molecule has 1 aromatic rings. The lowest BCUT2D eigenvalue weighted by Crippen LogP contribution is -2.12. The second-order valence-electron chi connectivity index (χ2n) is 3.29. The Bertz CT molecular complexity index is 324. The number of carbonyl (C=O) groups is 1. The Hall–Kier alpha value is -1.58. The lowest BCUT2D eigenvalue weighted by Gasteiger charge is -2.16. The van der Waals surface area contributed by atoms with Crippen molar-refractivity contribution in [1.29, 1.82) is 0 Å². The smallest absolute Gasteiger partial charge is 0.303 e. The Kier molecular flexibility index (Phi) is 3.45. The third-order valence-corrected chi connectivity index (χ3v) is 1.97. The number of aliphatic carboxylic acids is 1. The summed E-state index contributed by atoms with van der Waals surface area (Å²) in [6.45, 7) is 0. The predicted octanol–water partition coefficient (Wildman–Crippen LogP) is 1.16. The van der Waals surface area contributed by atoms with Gasteiger partial charge in [0.05, 0.1) is 0 Å². The molecule has 1 N–H and O–H groups in total. The van der Waals surface area contributed by atoms with E-state index in [1.165, 1.54) is 0 Å². The van der Waals surface area contributed by atoms with Crippen molar-refractivity contribution in [2.45, 2.75) is 12.8 Å². The molecule has 0 unspecified atom stereocenters. The Labute approximate surface area is 83.2 Å². The monoisotopic (exact) mass is 194 g/mol. The highest BCUT2D eigenvalue weighted by Gasteiger charge is 2.05. The topological polar surface area (TPSA) is 53.4 Å². The van der Waals surface area contributed by atoms with Gasteiger partial charge in [-0.2, -0.15) is 0 Å². The van der Waals surface area contributed by atoms with Gasteiger partial charge >= 0.3 is 5.97 Å². The second-order valence-corrected chi connectivity index (χ2v) is 3.29. The Morgan fingerprint density at radius 1 is 1.57 bits per heavy atom. The molecule has 0 fully saturated rings. The van der Waals surface area contributed by atoms with Gasteiger partial charge in [0.2, 0.25) is 0 Å². The molecule has 0 saturated heterocycles. The SMILES string of the molecule is CN(C)c1ccncc1CCC(=O)O. The molecule has 0 aliphatic rings. The number of hydrogen-bond donors (Lipinski definition) is 1. The molecule has 0 atom stereocenters. The minimum absolute atomic E-state index is 0.145. The molecule has 0 bridgehead atoms. The van der Waals surface area contributed by atoms with Crippen molar-refractivity contribution in [1.82, 2.24) is 4.98 Å². The molecular formula is C10H14N2O2. The van der Waals surface area contributed by atoms with Gasteiger partial charge in [0.1, 0.15) is 0 Å². The maximum atomic E-state index is 10.4. The summed E-state index contributed by atoms with van der Waals surface area (Å²) in [5.74, 6) is -0.779. The van der Waals surface area contributed by atoms with Crippen LogP contribution in [0.1, 0.15) is 12.0 Å². The quantitative estimate of drug-likeness (QED) is 0.781. The number of pyridine rings is 1. The molecule has 14 heavy (non-hydrogen) atoms. The maximum absolute atomic E-state index is 10.4. The molecule has 0 aromatic carbocycles. The van der Waals surface area contributed by atoms with E-state index >= 15 is 0 Å². The minimum atomic E-state index is -0.779. The van der Waals surface area contributed by atoms with Crippen LogP contribution in [-0.4, -0.2) is 30.2 Å². The molecular weight excluding hydrogens is 180 g/mol. The zero-order valence-corrected chi connectivity index (χ0v) is 8.40. The molecule has 1 rings (SSSR count). The number of anilines is 1. The van der Waals surface area contributed by atoms with Crippen molar-refractivity contribution < 1.29 is 9.90 Å². The molecule has 1 aromatic heterocycles. The molecule has 76 valence electrons. The summed E-state index contributed by atoms with van der Waals surface area (Å²) in [7, 11) is 3.86. The van der Waals surface area contributed by atoms with Crippen molar-refractivity contribution >= 4 is 11.7 Å². The average molecular weight is 194 g/mol. The van der Waals surface area contributed by atoms with Gasteiger partial charge in [-0.3, -0.25) is 9.78 Å². The van der Waals surface area contributed by atoms with Gasteiger partial charge in [0, 0.05) is 38.6 Å². The number of carboxylic acids is 1. The molecule has 0 radical (unpaired) electrons. The first kappa shape index (κ1) is 10.5. The molecule has 1 heterocycles. The Morgan fingerprint density at radius 2 is 2.29 bits per heavy atom. The molecule has 0 saturated carbocycles. The van der Waals surface area contributed by atoms with Gasteiger partial charge in [-0.05, 0) is 18.1 Å². The second kappa shape index (κ2) is 4.60. The normalized spacial score (nSPS) is 9.86. The molecule has 4 nitrogen and oxygen atoms in total. The first-order valence-electron chi connectivity index (χ1n) is 4.43. The van der Waals surface area contributed by atoms with Crippen LogP contribution in [0.3, 0.4) is 0 Å². The van der Waals surface area contributed by atoms with E-state index in [0.29, 0.717) is 6.42 Å². The van der Waals surface area contributed by atoms with Crippen LogP contribution in [-0.2, 0) is 11.2 Å². The Balaban J connectivity index is 2.79. The molecule has 0 aliphatic heterocycles. The zero-order chi connectivity index (χ0) is 10.6. The fraction of sp³-hybridized carbons (Fsp3) is 0.400. The van der Waals surface area contributed by atoms with Gasteiger partial charge in [0.25, 0.3) is 0 Å². The molecule has 0 spiro atoms. The summed E-state index contributed by atoms with van der Waals surface area (Å²) in [4.78, 5) is 16.4. The van der Waals surface area contributed by atoms with E-state index in [2.05, 4.69) is 4.98 Å². The lowest BCUT2D eigenvalue weighted by atomic mass is 10.1. The largest absolute Gasteiger partial charge is 0.481 e. The van der Waals surface area contributed by atoms with Crippen molar-refractivity contribution in [2.24, 2.45) is 0 Å². The molecule has 0 aliphatic carbocycles. The van der Waals surface area contributed by atoms with Crippen molar-refractivity contribution in [2.75, 3.05) is 19.0 Å². The van der Waals surface area contributed by atoms with Gasteiger partial charge in [0.15, 0.2) is 0 Å². The third kappa shape index (κ3) is 2.73. The van der Waals surface area contributed by atoms with Crippen LogP contribution in [0.15, 0.2) is 18.5 Å². The van der Waals surface area contributed by atoms with E-state index in [4.69, 9.17) is 5.11 Å². The lowest BCUT2D eigenvalue weighted by molar-refractivity contribution is -0.136. The van der Waals surface area contributed by atoms with E-state index in [0.717, 1.165) is 11.3 Å². The van der Waals surface area contributed by atoms with Gasteiger partial charge in [-0.1, -0.05) is 0 Å². The number of aryl methyl sites for hydroxylation is 1. The fourth-order valence-electron chi connectivity index (χ4n) is 1.29. The minimum Gasteiger partial charge on any atom is -0.481 e. The van der Waals surface area contributed by atoms with Gasteiger partial charge < -0.3 is 10.0 Å². The maximum Gasteiger partial charge on any atom is 0.303 e. The first-order valence-corrected chi connectivity index (χ1v) is 4.43. The van der Waals surface area contributed by atoms with Crippen LogP contribution in [0.2, 0.25) is 0 Å². The van der Waals surface area contributed by atoms with Crippen molar-refractivity contribution in [3.05, 3.63) is 24.0 Å². The highest BCUT2D eigenvalue weighted by Crippen LogP contribution is 2.17. The fourth-order valence-corrected chi connectivity index (χ4v) is 1.29. The van der Waals surface area contributed by atoms with Gasteiger partial charge in [-0.25, -0.2) is 0 Å².